The normalized spacial score (nSPS) is 12.8. The minimum atomic E-state index is -0.310. The number of hydrogen-bond acceptors (Lipinski definition) is 2. The summed E-state index contributed by atoms with van der Waals surface area (Å²) in [6, 6.07) is 12.1. The zero-order valence-corrected chi connectivity index (χ0v) is 14.0. The van der Waals surface area contributed by atoms with Crippen molar-refractivity contribution in [3.63, 3.8) is 0 Å². The van der Waals surface area contributed by atoms with E-state index in [1.165, 1.54) is 24.3 Å². The smallest absolute Gasteiger partial charge is 0.272 e. The van der Waals surface area contributed by atoms with Crippen molar-refractivity contribution in [2.75, 3.05) is 0 Å². The first-order valence-corrected chi connectivity index (χ1v) is 8.51. The van der Waals surface area contributed by atoms with E-state index >= 15 is 0 Å². The highest BCUT2D eigenvalue weighted by Crippen LogP contribution is 2.28. The van der Waals surface area contributed by atoms with E-state index in [1.54, 1.807) is 28.9 Å². The fourth-order valence-electron chi connectivity index (χ4n) is 3.28. The van der Waals surface area contributed by atoms with Crippen molar-refractivity contribution in [1.29, 1.82) is 0 Å². The molecule has 4 nitrogen and oxygen atoms in total. The molecule has 0 unspecified atom stereocenters. The highest BCUT2D eigenvalue weighted by molar-refractivity contribution is 5.94. The molecule has 1 aromatic heterocycles. The maximum atomic E-state index is 13.2. The Morgan fingerprint density at radius 2 is 1.65 bits per heavy atom. The van der Waals surface area contributed by atoms with Crippen molar-refractivity contribution in [1.82, 2.24) is 15.1 Å². The molecule has 0 aliphatic heterocycles. The fourth-order valence-corrected chi connectivity index (χ4v) is 3.28. The molecule has 0 saturated carbocycles. The standard InChI is InChI=1S/C20H17F2N3O/c21-14-6-4-13(5-7-14)12-23-20(26)19-17-2-1-3-18(17)25(24-19)16-10-8-15(22)9-11-16/h4-11H,1-3,12H2,(H,23,26). The lowest BCUT2D eigenvalue weighted by molar-refractivity contribution is 0.0944. The van der Waals surface area contributed by atoms with E-state index < -0.39 is 0 Å². The van der Waals surface area contributed by atoms with Crippen molar-refractivity contribution in [3.05, 3.63) is 82.7 Å². The topological polar surface area (TPSA) is 46.9 Å². The molecule has 0 fully saturated rings. The van der Waals surface area contributed by atoms with Crippen LogP contribution < -0.4 is 5.32 Å². The number of nitrogens with zero attached hydrogens (tertiary/aromatic N) is 2. The summed E-state index contributed by atoms with van der Waals surface area (Å²) in [5.41, 5.74) is 3.91. The molecule has 3 aromatic rings. The van der Waals surface area contributed by atoms with Gasteiger partial charge in [-0.25, -0.2) is 13.5 Å². The van der Waals surface area contributed by atoms with Crippen molar-refractivity contribution in [2.45, 2.75) is 25.8 Å². The number of fused-ring (bicyclic) bond motifs is 1. The third-order valence-corrected chi connectivity index (χ3v) is 4.58. The van der Waals surface area contributed by atoms with Gasteiger partial charge in [0.2, 0.25) is 0 Å². The molecule has 2 aromatic carbocycles. The number of carbonyl (C=O) groups is 1. The highest BCUT2D eigenvalue weighted by atomic mass is 19.1. The minimum absolute atomic E-state index is 0.256. The van der Waals surface area contributed by atoms with Gasteiger partial charge in [-0.2, -0.15) is 5.10 Å². The lowest BCUT2D eigenvalue weighted by Crippen LogP contribution is -2.24. The van der Waals surface area contributed by atoms with Crippen LogP contribution in [0.5, 0.6) is 0 Å². The predicted octanol–water partition coefficient (Wildman–Crippen LogP) is 3.57. The predicted molar refractivity (Wildman–Crippen MR) is 93.1 cm³/mol. The van der Waals surface area contributed by atoms with Gasteiger partial charge in [0.15, 0.2) is 5.69 Å². The van der Waals surface area contributed by atoms with Crippen LogP contribution in [0.25, 0.3) is 5.69 Å². The van der Waals surface area contributed by atoms with Crippen LogP contribution in [0.3, 0.4) is 0 Å². The van der Waals surface area contributed by atoms with E-state index in [0.717, 1.165) is 41.8 Å². The number of amides is 1. The average Bonchev–Trinajstić information content (AvgIpc) is 3.24. The Kier molecular flexibility index (Phi) is 4.24. The quantitative estimate of drug-likeness (QED) is 0.779. The fraction of sp³-hybridized carbons (Fsp3) is 0.200. The van der Waals surface area contributed by atoms with E-state index in [1.807, 2.05) is 0 Å². The van der Waals surface area contributed by atoms with Gasteiger partial charge in [-0.1, -0.05) is 12.1 Å². The van der Waals surface area contributed by atoms with Crippen molar-refractivity contribution in [2.24, 2.45) is 0 Å². The molecule has 4 rings (SSSR count). The van der Waals surface area contributed by atoms with Gasteiger partial charge in [-0.05, 0) is 61.2 Å². The monoisotopic (exact) mass is 353 g/mol. The zero-order chi connectivity index (χ0) is 18.1. The van der Waals surface area contributed by atoms with Gasteiger partial charge in [-0.3, -0.25) is 4.79 Å². The van der Waals surface area contributed by atoms with Crippen LogP contribution in [-0.2, 0) is 19.4 Å². The SMILES string of the molecule is O=C(NCc1ccc(F)cc1)c1nn(-c2ccc(F)cc2)c2c1CCC2. The van der Waals surface area contributed by atoms with Crippen LogP contribution in [0.2, 0.25) is 0 Å². The molecular weight excluding hydrogens is 336 g/mol. The van der Waals surface area contributed by atoms with E-state index in [-0.39, 0.29) is 17.5 Å². The molecule has 6 heteroatoms. The second-order valence-corrected chi connectivity index (χ2v) is 6.32. The first kappa shape index (κ1) is 16.4. The Bertz CT molecular complexity index is 946. The molecule has 1 amide bonds. The Morgan fingerprint density at radius 3 is 2.35 bits per heavy atom. The van der Waals surface area contributed by atoms with Gasteiger partial charge in [-0.15, -0.1) is 0 Å². The summed E-state index contributed by atoms with van der Waals surface area (Å²) in [4.78, 5) is 12.6. The van der Waals surface area contributed by atoms with Gasteiger partial charge < -0.3 is 5.32 Å². The van der Waals surface area contributed by atoms with Gasteiger partial charge in [0.25, 0.3) is 5.91 Å². The van der Waals surface area contributed by atoms with E-state index in [4.69, 9.17) is 0 Å². The Hall–Kier alpha value is -3.02. The van der Waals surface area contributed by atoms with Crippen LogP contribution in [0.15, 0.2) is 48.5 Å². The van der Waals surface area contributed by atoms with E-state index in [0.29, 0.717) is 12.2 Å². The van der Waals surface area contributed by atoms with Gasteiger partial charge >= 0.3 is 0 Å². The molecule has 132 valence electrons. The first-order valence-electron chi connectivity index (χ1n) is 8.51. The number of hydrogen-bond donors (Lipinski definition) is 1. The zero-order valence-electron chi connectivity index (χ0n) is 14.0. The number of halogens is 2. The van der Waals surface area contributed by atoms with Gasteiger partial charge in [0.1, 0.15) is 11.6 Å². The second kappa shape index (κ2) is 6.71. The molecule has 1 heterocycles. The Balaban J connectivity index is 1.58. The number of carbonyl (C=O) groups excluding carboxylic acids is 1. The van der Waals surface area contributed by atoms with Crippen LogP contribution >= 0.6 is 0 Å². The summed E-state index contributed by atoms with van der Waals surface area (Å²) < 4.78 is 27.9. The Labute approximate surface area is 149 Å². The van der Waals surface area contributed by atoms with Crippen LogP contribution in [0, 0.1) is 11.6 Å². The molecule has 26 heavy (non-hydrogen) atoms. The third kappa shape index (κ3) is 3.10. The van der Waals surface area contributed by atoms with Crippen molar-refractivity contribution < 1.29 is 13.6 Å². The maximum absolute atomic E-state index is 13.2. The molecule has 1 aliphatic rings. The van der Waals surface area contributed by atoms with Crippen LogP contribution in [0.1, 0.15) is 33.7 Å². The summed E-state index contributed by atoms with van der Waals surface area (Å²) >= 11 is 0. The number of benzene rings is 2. The molecule has 1 aliphatic carbocycles. The van der Waals surface area contributed by atoms with E-state index in [9.17, 15) is 13.6 Å². The number of rotatable bonds is 4. The summed E-state index contributed by atoms with van der Waals surface area (Å²) in [5.74, 6) is -0.876. The van der Waals surface area contributed by atoms with Crippen molar-refractivity contribution >= 4 is 5.91 Å². The molecule has 0 spiro atoms. The van der Waals surface area contributed by atoms with Gasteiger partial charge in [0, 0.05) is 17.8 Å². The average molecular weight is 353 g/mol. The number of aromatic nitrogens is 2. The number of nitrogens with one attached hydrogen (secondary N) is 1. The molecule has 1 N–H and O–H groups in total. The third-order valence-electron chi connectivity index (χ3n) is 4.58. The molecule has 0 atom stereocenters. The van der Waals surface area contributed by atoms with Crippen molar-refractivity contribution in [3.8, 4) is 5.69 Å². The second-order valence-electron chi connectivity index (χ2n) is 6.32. The lowest BCUT2D eigenvalue weighted by atomic mass is 10.2. The largest absolute Gasteiger partial charge is 0.347 e. The lowest BCUT2D eigenvalue weighted by Gasteiger charge is -2.06. The summed E-state index contributed by atoms with van der Waals surface area (Å²) in [6.45, 7) is 0.303. The molecule has 0 saturated heterocycles. The molecular formula is C20H17F2N3O. The first-order chi connectivity index (χ1) is 12.6. The van der Waals surface area contributed by atoms with Crippen LogP contribution in [-0.4, -0.2) is 15.7 Å². The maximum Gasteiger partial charge on any atom is 0.272 e. The van der Waals surface area contributed by atoms with Crippen LogP contribution in [0.4, 0.5) is 8.78 Å². The summed E-state index contributed by atoms with van der Waals surface area (Å²) in [7, 11) is 0. The Morgan fingerprint density at radius 1 is 1.00 bits per heavy atom. The van der Waals surface area contributed by atoms with Gasteiger partial charge in [0.05, 0.1) is 5.69 Å². The summed E-state index contributed by atoms with van der Waals surface area (Å²) in [6.07, 6.45) is 2.60. The molecule has 0 bridgehead atoms. The molecule has 0 radical (unpaired) electrons. The highest BCUT2D eigenvalue weighted by Gasteiger charge is 2.26. The van der Waals surface area contributed by atoms with E-state index in [2.05, 4.69) is 10.4 Å². The summed E-state index contributed by atoms with van der Waals surface area (Å²) in [5, 5.41) is 7.32. The minimum Gasteiger partial charge on any atom is -0.347 e.